The first kappa shape index (κ1) is 28.1. The van der Waals surface area contributed by atoms with Crippen molar-refractivity contribution in [1.29, 1.82) is 0 Å². The molecule has 0 saturated heterocycles. The average molecular weight is 586 g/mol. The number of nitrogens with zero attached hydrogens (tertiary/aromatic N) is 4. The molecule has 2 heterocycles. The van der Waals surface area contributed by atoms with Gasteiger partial charge in [-0.1, -0.05) is 23.7 Å². The van der Waals surface area contributed by atoms with Crippen molar-refractivity contribution in [3.8, 4) is 0 Å². The predicted molar refractivity (Wildman–Crippen MR) is 140 cm³/mol. The van der Waals surface area contributed by atoms with Crippen LogP contribution in [0.5, 0.6) is 0 Å². The Morgan fingerprint density at radius 1 is 1.18 bits per heavy atom. The summed E-state index contributed by atoms with van der Waals surface area (Å²) in [5.41, 5.74) is -0.967. The van der Waals surface area contributed by atoms with Crippen LogP contribution in [0.25, 0.3) is 0 Å². The van der Waals surface area contributed by atoms with E-state index in [1.807, 2.05) is 13.8 Å². The lowest BCUT2D eigenvalue weighted by molar-refractivity contribution is -0.151. The zero-order valence-corrected chi connectivity index (χ0v) is 23.5. The fourth-order valence-corrected chi connectivity index (χ4v) is 8.04. The Morgan fingerprint density at radius 2 is 1.82 bits per heavy atom. The summed E-state index contributed by atoms with van der Waals surface area (Å²) in [6, 6.07) is 7.72. The van der Waals surface area contributed by atoms with Gasteiger partial charge in [0.15, 0.2) is 10.8 Å². The normalized spacial score (nSPS) is 27.5. The zero-order valence-electron chi connectivity index (χ0n) is 21.9. The van der Waals surface area contributed by atoms with Crippen LogP contribution < -0.4 is 5.32 Å². The Hall–Kier alpha value is -2.44. The second kappa shape index (κ2) is 9.31. The molecule has 4 aliphatic rings. The van der Waals surface area contributed by atoms with Gasteiger partial charge < -0.3 is 5.32 Å². The molecule has 1 N–H and O–H groups in total. The van der Waals surface area contributed by atoms with Crippen molar-refractivity contribution >= 4 is 33.2 Å². The molecule has 0 unspecified atom stereocenters. The molecule has 0 radical (unpaired) electrons. The third-order valence-electron chi connectivity index (χ3n) is 8.09. The Morgan fingerprint density at radius 3 is 2.38 bits per heavy atom. The number of amidine groups is 1. The topological polar surface area (TPSA) is 96.7 Å². The number of alkyl halides is 3. The van der Waals surface area contributed by atoms with Gasteiger partial charge in [-0.05, 0) is 63.3 Å². The molecule has 2 bridgehead atoms. The Balaban J connectivity index is 1.35. The quantitative estimate of drug-likeness (QED) is 0.438. The molecule has 39 heavy (non-hydrogen) atoms. The number of carbonyl (C=O) groups is 1. The maximum Gasteiger partial charge on any atom is 0.389 e. The monoisotopic (exact) mass is 585 g/mol. The summed E-state index contributed by atoms with van der Waals surface area (Å²) in [5.74, 6) is 0.320. The Bertz CT molecular complexity index is 1400. The minimum absolute atomic E-state index is 0.0280. The number of carbonyl (C=O) groups excluding carboxylic acids is 1. The van der Waals surface area contributed by atoms with E-state index in [0.717, 1.165) is 5.56 Å². The number of aliphatic imine (C=N–C) groups is 1. The number of hydrogen-bond acceptors (Lipinski definition) is 6. The van der Waals surface area contributed by atoms with Crippen molar-refractivity contribution in [2.75, 3.05) is 0 Å². The molecule has 13 heteroatoms. The summed E-state index contributed by atoms with van der Waals surface area (Å²) in [5, 5.41) is 8.02. The molecule has 1 atom stereocenters. The van der Waals surface area contributed by atoms with E-state index >= 15 is 0 Å². The average Bonchev–Trinajstić information content (AvgIpc) is 3.34. The van der Waals surface area contributed by atoms with Crippen LogP contribution in [0, 0.1) is 5.41 Å². The SMILES string of the molecule is Cn1ccc(S(=O)(=O)N(Cc2ccc(Cl)cc2)C23CC(C4=N[C@@H](C(=O)CCCC(F)(F)F)C(C)(C)N4)(C2)C3)n1. The molecule has 1 aromatic carbocycles. The van der Waals surface area contributed by atoms with E-state index < -0.39 is 45.2 Å². The number of sulfonamides is 1. The fraction of sp³-hybridized carbons (Fsp3) is 0.577. The number of ketones is 1. The molecule has 3 fully saturated rings. The van der Waals surface area contributed by atoms with E-state index in [-0.39, 0.29) is 30.2 Å². The number of Topliss-reactive ketones (excluding diaryl/α,β-unsaturated/α-hetero) is 1. The number of rotatable bonds is 10. The van der Waals surface area contributed by atoms with Crippen LogP contribution in [0.4, 0.5) is 13.2 Å². The van der Waals surface area contributed by atoms with E-state index in [0.29, 0.717) is 30.1 Å². The van der Waals surface area contributed by atoms with Crippen molar-refractivity contribution in [3.05, 3.63) is 47.1 Å². The third kappa shape index (κ3) is 5.11. The lowest BCUT2D eigenvalue weighted by atomic mass is 9.38. The van der Waals surface area contributed by atoms with Crippen molar-refractivity contribution in [2.45, 2.75) is 87.2 Å². The standard InChI is InChI=1S/C26H31ClF3N5O3S/c1-23(2)21(19(36)5-4-11-26(28,29)30)31-22(32-23)24-14-25(15-24,16-24)35(13-17-6-8-18(27)9-7-17)39(37,38)20-10-12-34(3)33-20/h6-10,12,21H,4-5,11,13-16H2,1-3H3,(H,31,32)/t21-,24?,25?/m0/s1. The smallest absolute Gasteiger partial charge is 0.366 e. The van der Waals surface area contributed by atoms with Gasteiger partial charge in [-0.3, -0.25) is 14.5 Å². The van der Waals surface area contributed by atoms with Gasteiger partial charge in [-0.15, -0.1) is 0 Å². The molecule has 0 spiro atoms. The molecular formula is C26H31ClF3N5O3S. The number of halogens is 4. The van der Waals surface area contributed by atoms with Crippen LogP contribution in [0.2, 0.25) is 5.02 Å². The first-order valence-electron chi connectivity index (χ1n) is 12.8. The van der Waals surface area contributed by atoms with E-state index in [2.05, 4.69) is 15.4 Å². The summed E-state index contributed by atoms with van der Waals surface area (Å²) >= 11 is 6.03. The highest BCUT2D eigenvalue weighted by Gasteiger charge is 2.75. The third-order valence-corrected chi connectivity index (χ3v) is 10.2. The number of nitrogens with one attached hydrogen (secondary N) is 1. The lowest BCUT2D eigenvalue weighted by Gasteiger charge is -2.72. The molecule has 3 saturated carbocycles. The van der Waals surface area contributed by atoms with Gasteiger partial charge in [0.25, 0.3) is 10.0 Å². The first-order valence-corrected chi connectivity index (χ1v) is 14.6. The molecule has 6 rings (SSSR count). The highest BCUT2D eigenvalue weighted by atomic mass is 35.5. The van der Waals surface area contributed by atoms with Crippen LogP contribution >= 0.6 is 11.6 Å². The number of hydrogen-bond donors (Lipinski definition) is 1. The Kier molecular flexibility index (Phi) is 6.71. The van der Waals surface area contributed by atoms with Gasteiger partial charge in [0.2, 0.25) is 0 Å². The minimum atomic E-state index is -4.30. The molecule has 0 amide bonds. The summed E-state index contributed by atoms with van der Waals surface area (Å²) < 4.78 is 68.2. The van der Waals surface area contributed by atoms with Gasteiger partial charge in [0, 0.05) is 48.6 Å². The number of aryl methyl sites for hydroxylation is 1. The van der Waals surface area contributed by atoms with Crippen molar-refractivity contribution in [2.24, 2.45) is 17.5 Å². The van der Waals surface area contributed by atoms with Gasteiger partial charge in [0.05, 0.1) is 5.54 Å². The Labute approximate surface area is 230 Å². The van der Waals surface area contributed by atoms with E-state index in [9.17, 15) is 26.4 Å². The van der Waals surface area contributed by atoms with Crippen LogP contribution in [-0.2, 0) is 28.4 Å². The van der Waals surface area contributed by atoms with Gasteiger partial charge in [-0.25, -0.2) is 8.42 Å². The second-order valence-electron chi connectivity index (χ2n) is 11.7. The van der Waals surface area contributed by atoms with Crippen molar-refractivity contribution < 1.29 is 26.4 Å². The van der Waals surface area contributed by atoms with Crippen LogP contribution in [0.3, 0.4) is 0 Å². The van der Waals surface area contributed by atoms with E-state index in [4.69, 9.17) is 11.6 Å². The zero-order chi connectivity index (χ0) is 28.4. The molecule has 212 valence electrons. The summed E-state index contributed by atoms with van der Waals surface area (Å²) in [4.78, 5) is 17.5. The summed E-state index contributed by atoms with van der Waals surface area (Å²) in [6.07, 6.45) is -2.60. The van der Waals surface area contributed by atoms with Crippen LogP contribution in [0.15, 0.2) is 46.5 Å². The van der Waals surface area contributed by atoms with Crippen LogP contribution in [0.1, 0.15) is 57.9 Å². The van der Waals surface area contributed by atoms with Crippen molar-refractivity contribution in [3.63, 3.8) is 0 Å². The number of benzene rings is 1. The van der Waals surface area contributed by atoms with Crippen molar-refractivity contribution in [1.82, 2.24) is 19.4 Å². The van der Waals surface area contributed by atoms with Gasteiger partial charge in [-0.2, -0.15) is 22.6 Å². The molecule has 1 aromatic heterocycles. The second-order valence-corrected chi connectivity index (χ2v) is 13.9. The van der Waals surface area contributed by atoms with Gasteiger partial charge >= 0.3 is 6.18 Å². The predicted octanol–water partition coefficient (Wildman–Crippen LogP) is 4.64. The highest BCUT2D eigenvalue weighted by molar-refractivity contribution is 7.89. The maximum atomic E-state index is 13.8. The molecule has 3 aliphatic carbocycles. The van der Waals surface area contributed by atoms with Crippen LogP contribution in [-0.4, -0.2) is 57.4 Å². The van der Waals surface area contributed by atoms with Gasteiger partial charge in [0.1, 0.15) is 11.9 Å². The maximum absolute atomic E-state index is 13.8. The number of aromatic nitrogens is 2. The largest absolute Gasteiger partial charge is 0.389 e. The fourth-order valence-electron chi connectivity index (χ4n) is 6.20. The first-order chi connectivity index (χ1) is 18.1. The lowest BCUT2D eigenvalue weighted by Crippen LogP contribution is -2.78. The minimum Gasteiger partial charge on any atom is -0.366 e. The summed E-state index contributed by atoms with van der Waals surface area (Å²) in [6.45, 7) is 3.78. The molecule has 2 aromatic rings. The molecule has 8 nitrogen and oxygen atoms in total. The highest BCUT2D eigenvalue weighted by Crippen LogP contribution is 2.71. The summed E-state index contributed by atoms with van der Waals surface area (Å²) in [7, 11) is -2.27. The molecular weight excluding hydrogens is 555 g/mol. The van der Waals surface area contributed by atoms with E-state index in [1.54, 1.807) is 37.5 Å². The molecule has 1 aliphatic heterocycles. The van der Waals surface area contributed by atoms with E-state index in [1.165, 1.54) is 15.1 Å².